The van der Waals surface area contributed by atoms with Gasteiger partial charge in [-0.2, -0.15) is 0 Å². The molecule has 7 heteroatoms. The topological polar surface area (TPSA) is 79.3 Å². The SMILES string of the molecule is CN(C)CCN(CC(=O)O)C(=O)C1COc2ccccc2O1. The molecule has 1 atom stereocenters. The summed E-state index contributed by atoms with van der Waals surface area (Å²) < 4.78 is 11.1. The summed E-state index contributed by atoms with van der Waals surface area (Å²) in [5.74, 6) is -0.345. The molecule has 0 saturated carbocycles. The third kappa shape index (κ3) is 4.11. The number of carbonyl (C=O) groups excluding carboxylic acids is 1. The zero-order valence-corrected chi connectivity index (χ0v) is 12.7. The van der Waals surface area contributed by atoms with Crippen molar-refractivity contribution in [3.63, 3.8) is 0 Å². The smallest absolute Gasteiger partial charge is 0.323 e. The molecule has 7 nitrogen and oxygen atoms in total. The van der Waals surface area contributed by atoms with Gasteiger partial charge in [-0.05, 0) is 26.2 Å². The summed E-state index contributed by atoms with van der Waals surface area (Å²) in [4.78, 5) is 26.6. The summed E-state index contributed by atoms with van der Waals surface area (Å²) in [6.45, 7) is 0.616. The molecule has 1 aromatic carbocycles. The summed E-state index contributed by atoms with van der Waals surface area (Å²) >= 11 is 0. The highest BCUT2D eigenvalue weighted by atomic mass is 16.6. The Balaban J connectivity index is 2.05. The molecule has 0 fully saturated rings. The second-order valence-electron chi connectivity index (χ2n) is 5.32. The number of carboxylic acids is 1. The van der Waals surface area contributed by atoms with Gasteiger partial charge in [-0.15, -0.1) is 0 Å². The van der Waals surface area contributed by atoms with Crippen molar-refractivity contribution in [3.05, 3.63) is 24.3 Å². The molecule has 1 aromatic rings. The molecule has 0 aromatic heterocycles. The lowest BCUT2D eigenvalue weighted by Gasteiger charge is -2.30. The Morgan fingerprint density at radius 3 is 2.55 bits per heavy atom. The van der Waals surface area contributed by atoms with E-state index in [9.17, 15) is 9.59 Å². The van der Waals surface area contributed by atoms with Crippen molar-refractivity contribution in [1.82, 2.24) is 9.80 Å². The van der Waals surface area contributed by atoms with Gasteiger partial charge in [0.1, 0.15) is 13.2 Å². The predicted molar refractivity (Wildman–Crippen MR) is 79.1 cm³/mol. The van der Waals surface area contributed by atoms with Crippen LogP contribution < -0.4 is 9.47 Å². The van der Waals surface area contributed by atoms with Crippen molar-refractivity contribution >= 4 is 11.9 Å². The lowest BCUT2D eigenvalue weighted by molar-refractivity contribution is -0.149. The number of carbonyl (C=O) groups is 2. The number of nitrogens with zero attached hydrogens (tertiary/aromatic N) is 2. The third-order valence-corrected chi connectivity index (χ3v) is 3.24. The van der Waals surface area contributed by atoms with E-state index in [0.717, 1.165) is 0 Å². The van der Waals surface area contributed by atoms with Crippen molar-refractivity contribution in [2.45, 2.75) is 6.10 Å². The Hall–Kier alpha value is -2.28. The molecule has 1 N–H and O–H groups in total. The molecular weight excluding hydrogens is 288 g/mol. The minimum Gasteiger partial charge on any atom is -0.485 e. The van der Waals surface area contributed by atoms with Crippen molar-refractivity contribution < 1.29 is 24.2 Å². The van der Waals surface area contributed by atoms with Gasteiger partial charge >= 0.3 is 5.97 Å². The van der Waals surface area contributed by atoms with Gasteiger partial charge in [0.2, 0.25) is 6.10 Å². The van der Waals surface area contributed by atoms with E-state index in [1.165, 1.54) is 4.90 Å². The van der Waals surface area contributed by atoms with Crippen LogP contribution in [0.2, 0.25) is 0 Å². The molecule has 1 heterocycles. The number of rotatable bonds is 6. The molecule has 2 rings (SSSR count). The molecule has 1 aliphatic heterocycles. The van der Waals surface area contributed by atoms with Crippen LogP contribution in [0.1, 0.15) is 0 Å². The van der Waals surface area contributed by atoms with E-state index in [-0.39, 0.29) is 19.1 Å². The minimum atomic E-state index is -1.05. The van der Waals surface area contributed by atoms with Gasteiger partial charge in [-0.1, -0.05) is 12.1 Å². The summed E-state index contributed by atoms with van der Waals surface area (Å²) in [7, 11) is 3.72. The van der Waals surface area contributed by atoms with Gasteiger partial charge in [0, 0.05) is 13.1 Å². The largest absolute Gasteiger partial charge is 0.485 e. The summed E-state index contributed by atoms with van der Waals surface area (Å²) in [6.07, 6.45) is -0.823. The molecule has 1 amide bonds. The average Bonchev–Trinajstić information content (AvgIpc) is 2.49. The molecule has 0 saturated heterocycles. The van der Waals surface area contributed by atoms with Crippen LogP contribution in [0.5, 0.6) is 11.5 Å². The summed E-state index contributed by atoms with van der Waals surface area (Å²) in [6, 6.07) is 7.08. The van der Waals surface area contributed by atoms with Crippen molar-refractivity contribution in [1.29, 1.82) is 0 Å². The highest BCUT2D eigenvalue weighted by Crippen LogP contribution is 2.31. The number of carboxylic acid groups (broad SMARTS) is 1. The van der Waals surface area contributed by atoms with Crippen LogP contribution in [0.15, 0.2) is 24.3 Å². The highest BCUT2D eigenvalue weighted by Gasteiger charge is 2.31. The lowest BCUT2D eigenvalue weighted by Crippen LogP contribution is -2.49. The van der Waals surface area contributed by atoms with Crippen molar-refractivity contribution in [2.24, 2.45) is 0 Å². The van der Waals surface area contributed by atoms with Gasteiger partial charge in [0.15, 0.2) is 11.5 Å². The van der Waals surface area contributed by atoms with E-state index in [1.54, 1.807) is 18.2 Å². The maximum absolute atomic E-state index is 12.5. The standard InChI is InChI=1S/C15H20N2O5/c1-16(2)7-8-17(9-14(18)19)15(20)13-10-21-11-5-3-4-6-12(11)22-13/h3-6,13H,7-10H2,1-2H3,(H,18,19). The first kappa shape index (κ1) is 16.1. The Labute approximate surface area is 129 Å². The second-order valence-corrected chi connectivity index (χ2v) is 5.32. The second kappa shape index (κ2) is 7.13. The molecule has 0 aliphatic carbocycles. The predicted octanol–water partition coefficient (Wildman–Crippen LogP) is 0.301. The molecule has 0 radical (unpaired) electrons. The normalized spacial score (nSPS) is 16.4. The van der Waals surface area contributed by atoms with Gasteiger partial charge in [-0.3, -0.25) is 9.59 Å². The Morgan fingerprint density at radius 2 is 1.91 bits per heavy atom. The average molecular weight is 308 g/mol. The van der Waals surface area contributed by atoms with Crippen LogP contribution in [0.25, 0.3) is 0 Å². The van der Waals surface area contributed by atoms with Gasteiger partial charge in [0.25, 0.3) is 5.91 Å². The summed E-state index contributed by atoms with van der Waals surface area (Å²) in [5, 5.41) is 8.97. The third-order valence-electron chi connectivity index (χ3n) is 3.24. The van der Waals surface area contributed by atoms with Crippen LogP contribution in [0, 0.1) is 0 Å². The van der Waals surface area contributed by atoms with E-state index >= 15 is 0 Å². The Kier molecular flexibility index (Phi) is 5.21. The van der Waals surface area contributed by atoms with Crippen LogP contribution in [-0.2, 0) is 9.59 Å². The molecular formula is C15H20N2O5. The first-order chi connectivity index (χ1) is 10.5. The highest BCUT2D eigenvalue weighted by molar-refractivity contribution is 5.85. The fourth-order valence-electron chi connectivity index (χ4n) is 2.10. The number of fused-ring (bicyclic) bond motifs is 1. The number of benzene rings is 1. The maximum Gasteiger partial charge on any atom is 0.323 e. The minimum absolute atomic E-state index is 0.0773. The number of hydrogen-bond acceptors (Lipinski definition) is 5. The number of hydrogen-bond donors (Lipinski definition) is 1. The fraction of sp³-hybridized carbons (Fsp3) is 0.467. The Bertz CT molecular complexity index is 546. The van der Waals surface area contributed by atoms with E-state index < -0.39 is 12.1 Å². The maximum atomic E-state index is 12.5. The van der Waals surface area contributed by atoms with Gasteiger partial charge < -0.3 is 24.4 Å². The molecule has 22 heavy (non-hydrogen) atoms. The first-order valence-electron chi connectivity index (χ1n) is 7.01. The number of likely N-dealkylation sites (N-methyl/N-ethyl adjacent to an activating group) is 1. The number of ether oxygens (including phenoxy) is 2. The number of para-hydroxylation sites is 2. The molecule has 120 valence electrons. The van der Waals surface area contributed by atoms with E-state index in [0.29, 0.717) is 24.6 Å². The monoisotopic (exact) mass is 308 g/mol. The van der Waals surface area contributed by atoms with E-state index in [1.807, 2.05) is 25.1 Å². The van der Waals surface area contributed by atoms with E-state index in [4.69, 9.17) is 14.6 Å². The number of aliphatic carboxylic acids is 1. The zero-order chi connectivity index (χ0) is 16.1. The van der Waals surface area contributed by atoms with Crippen molar-refractivity contribution in [2.75, 3.05) is 40.3 Å². The van der Waals surface area contributed by atoms with Crippen LogP contribution in [0.4, 0.5) is 0 Å². The molecule has 1 aliphatic rings. The fourth-order valence-corrected chi connectivity index (χ4v) is 2.10. The molecule has 0 bridgehead atoms. The number of amides is 1. The van der Waals surface area contributed by atoms with Crippen LogP contribution in [-0.4, -0.2) is 73.2 Å². The molecule has 1 unspecified atom stereocenters. The molecule has 0 spiro atoms. The summed E-state index contributed by atoms with van der Waals surface area (Å²) in [5.41, 5.74) is 0. The van der Waals surface area contributed by atoms with Crippen LogP contribution in [0.3, 0.4) is 0 Å². The first-order valence-corrected chi connectivity index (χ1v) is 7.01. The zero-order valence-electron chi connectivity index (χ0n) is 12.7. The van der Waals surface area contributed by atoms with Crippen LogP contribution >= 0.6 is 0 Å². The van der Waals surface area contributed by atoms with Gasteiger partial charge in [0.05, 0.1) is 0 Å². The Morgan fingerprint density at radius 1 is 1.23 bits per heavy atom. The lowest BCUT2D eigenvalue weighted by atomic mass is 10.2. The van der Waals surface area contributed by atoms with Gasteiger partial charge in [-0.25, -0.2) is 0 Å². The van der Waals surface area contributed by atoms with Crippen molar-refractivity contribution in [3.8, 4) is 11.5 Å². The quantitative estimate of drug-likeness (QED) is 0.814. The van der Waals surface area contributed by atoms with E-state index in [2.05, 4.69) is 0 Å².